The fourth-order valence-corrected chi connectivity index (χ4v) is 1.96. The zero-order valence-corrected chi connectivity index (χ0v) is 9.95. The average Bonchev–Trinajstić information content (AvgIpc) is 2.79. The molecule has 0 unspecified atom stereocenters. The Bertz CT molecular complexity index is 549. The van der Waals surface area contributed by atoms with Crippen LogP contribution in [0.5, 0.6) is 0 Å². The monoisotopic (exact) mass is 246 g/mol. The normalized spacial score (nSPS) is 9.94. The number of nitrogens with one attached hydrogen (secondary N) is 1. The number of carbonyl (C=O) groups excluding carboxylic acids is 2. The summed E-state index contributed by atoms with van der Waals surface area (Å²) >= 11 is 1.17. The van der Waals surface area contributed by atoms with Gasteiger partial charge in [-0.1, -0.05) is 29.5 Å². The van der Waals surface area contributed by atoms with Crippen LogP contribution in [0.1, 0.15) is 27.0 Å². The number of Topliss-reactive ketones (excluding diaryl/α,β-unsaturated/α-hetero) is 1. The predicted molar refractivity (Wildman–Crippen MR) is 66.5 cm³/mol. The molecule has 0 bridgehead atoms. The number of rotatable bonds is 3. The SMILES string of the molecule is CC(=O)c1cnc(NC(=O)c2ccccc2)s1. The summed E-state index contributed by atoms with van der Waals surface area (Å²) in [5.41, 5.74) is 0.562. The first-order valence-electron chi connectivity index (χ1n) is 5.00. The molecular weight excluding hydrogens is 236 g/mol. The molecule has 86 valence electrons. The smallest absolute Gasteiger partial charge is 0.257 e. The van der Waals surface area contributed by atoms with Crippen LogP contribution in [0.25, 0.3) is 0 Å². The molecular formula is C12H10N2O2S. The van der Waals surface area contributed by atoms with Gasteiger partial charge in [0, 0.05) is 12.5 Å². The number of amides is 1. The summed E-state index contributed by atoms with van der Waals surface area (Å²) in [7, 11) is 0. The molecule has 0 aliphatic heterocycles. The molecule has 0 saturated heterocycles. The van der Waals surface area contributed by atoms with Crippen LogP contribution < -0.4 is 5.32 Å². The number of anilines is 1. The second kappa shape index (κ2) is 4.88. The van der Waals surface area contributed by atoms with Gasteiger partial charge in [-0.05, 0) is 12.1 Å². The molecule has 1 N–H and O–H groups in total. The number of thiazole rings is 1. The summed E-state index contributed by atoms with van der Waals surface area (Å²) in [6.07, 6.45) is 1.47. The van der Waals surface area contributed by atoms with Crippen molar-refractivity contribution < 1.29 is 9.59 Å². The second-order valence-electron chi connectivity index (χ2n) is 3.41. The highest BCUT2D eigenvalue weighted by Crippen LogP contribution is 2.19. The number of ketones is 1. The van der Waals surface area contributed by atoms with E-state index in [9.17, 15) is 9.59 Å². The molecule has 0 radical (unpaired) electrons. The number of hydrogen-bond donors (Lipinski definition) is 1. The van der Waals surface area contributed by atoms with Gasteiger partial charge in [-0.3, -0.25) is 14.9 Å². The third-order valence-electron chi connectivity index (χ3n) is 2.11. The zero-order chi connectivity index (χ0) is 12.3. The van der Waals surface area contributed by atoms with E-state index < -0.39 is 0 Å². The van der Waals surface area contributed by atoms with Crippen molar-refractivity contribution in [2.24, 2.45) is 0 Å². The molecule has 4 nitrogen and oxygen atoms in total. The zero-order valence-electron chi connectivity index (χ0n) is 9.14. The highest BCUT2D eigenvalue weighted by molar-refractivity contribution is 7.17. The van der Waals surface area contributed by atoms with Crippen LogP contribution in [-0.2, 0) is 0 Å². The lowest BCUT2D eigenvalue weighted by Gasteiger charge is -2.00. The lowest BCUT2D eigenvalue weighted by atomic mass is 10.2. The van der Waals surface area contributed by atoms with Gasteiger partial charge in [0.25, 0.3) is 5.91 Å². The molecule has 1 amide bonds. The van der Waals surface area contributed by atoms with Crippen molar-refractivity contribution in [3.05, 3.63) is 47.0 Å². The first kappa shape index (κ1) is 11.5. The molecule has 5 heteroatoms. The van der Waals surface area contributed by atoms with E-state index >= 15 is 0 Å². The molecule has 2 rings (SSSR count). The van der Waals surface area contributed by atoms with Crippen LogP contribution in [0.4, 0.5) is 5.13 Å². The maximum absolute atomic E-state index is 11.8. The van der Waals surface area contributed by atoms with Gasteiger partial charge < -0.3 is 0 Å². The Labute approximate surface area is 102 Å². The number of carbonyl (C=O) groups is 2. The predicted octanol–water partition coefficient (Wildman–Crippen LogP) is 2.60. The summed E-state index contributed by atoms with van der Waals surface area (Å²) in [4.78, 5) is 27.3. The minimum atomic E-state index is -0.227. The van der Waals surface area contributed by atoms with Crippen molar-refractivity contribution in [2.45, 2.75) is 6.92 Å². The molecule has 0 atom stereocenters. The van der Waals surface area contributed by atoms with Gasteiger partial charge >= 0.3 is 0 Å². The standard InChI is InChI=1S/C12H10N2O2S/c1-8(15)10-7-13-12(17-10)14-11(16)9-5-3-2-4-6-9/h2-7H,1H3,(H,13,14,16). The Morgan fingerprint density at radius 3 is 2.53 bits per heavy atom. The van der Waals surface area contributed by atoms with Crippen LogP contribution in [0.2, 0.25) is 0 Å². The maximum Gasteiger partial charge on any atom is 0.257 e. The van der Waals surface area contributed by atoms with Crippen LogP contribution in [0.3, 0.4) is 0 Å². The van der Waals surface area contributed by atoms with Crippen LogP contribution in [-0.4, -0.2) is 16.7 Å². The van der Waals surface area contributed by atoms with E-state index in [1.54, 1.807) is 24.3 Å². The Hall–Kier alpha value is -2.01. The summed E-state index contributed by atoms with van der Waals surface area (Å²) in [6.45, 7) is 1.47. The fraction of sp³-hybridized carbons (Fsp3) is 0.0833. The van der Waals surface area contributed by atoms with E-state index in [1.165, 1.54) is 24.5 Å². The highest BCUT2D eigenvalue weighted by atomic mass is 32.1. The van der Waals surface area contributed by atoms with Gasteiger partial charge in [0.2, 0.25) is 0 Å². The summed E-state index contributed by atoms with van der Waals surface area (Å²) < 4.78 is 0. The van der Waals surface area contributed by atoms with Gasteiger partial charge in [-0.2, -0.15) is 0 Å². The van der Waals surface area contributed by atoms with Crippen molar-refractivity contribution in [1.29, 1.82) is 0 Å². The minimum absolute atomic E-state index is 0.0530. The summed E-state index contributed by atoms with van der Waals surface area (Å²) in [6, 6.07) is 8.85. The molecule has 1 aromatic carbocycles. The summed E-state index contributed by atoms with van der Waals surface area (Å²) in [5, 5.41) is 3.08. The van der Waals surface area contributed by atoms with Crippen molar-refractivity contribution in [3.63, 3.8) is 0 Å². The topological polar surface area (TPSA) is 59.1 Å². The number of nitrogens with zero attached hydrogens (tertiary/aromatic N) is 1. The number of aromatic nitrogens is 1. The van der Waals surface area contributed by atoms with E-state index in [2.05, 4.69) is 10.3 Å². The van der Waals surface area contributed by atoms with Crippen molar-refractivity contribution in [3.8, 4) is 0 Å². The molecule has 0 fully saturated rings. The lowest BCUT2D eigenvalue weighted by Crippen LogP contribution is -2.11. The molecule has 0 saturated carbocycles. The molecule has 0 aliphatic rings. The van der Waals surface area contributed by atoms with Crippen LogP contribution in [0.15, 0.2) is 36.5 Å². The van der Waals surface area contributed by atoms with Gasteiger partial charge in [-0.25, -0.2) is 4.98 Å². The summed E-state index contributed by atoms with van der Waals surface area (Å²) in [5.74, 6) is -0.280. The van der Waals surface area contributed by atoms with E-state index in [0.717, 1.165) is 0 Å². The Kier molecular flexibility index (Phi) is 3.30. The van der Waals surface area contributed by atoms with Crippen molar-refractivity contribution >= 4 is 28.2 Å². The number of hydrogen-bond acceptors (Lipinski definition) is 4. The van der Waals surface area contributed by atoms with Gasteiger partial charge in [-0.15, -0.1) is 0 Å². The lowest BCUT2D eigenvalue weighted by molar-refractivity contribution is 0.101. The third kappa shape index (κ3) is 2.76. The van der Waals surface area contributed by atoms with Crippen molar-refractivity contribution in [1.82, 2.24) is 4.98 Å². The van der Waals surface area contributed by atoms with Crippen LogP contribution in [0, 0.1) is 0 Å². The number of benzene rings is 1. The first-order chi connectivity index (χ1) is 8.16. The molecule has 0 spiro atoms. The molecule has 1 heterocycles. The van der Waals surface area contributed by atoms with Gasteiger partial charge in [0.15, 0.2) is 10.9 Å². The quantitative estimate of drug-likeness (QED) is 0.847. The van der Waals surface area contributed by atoms with Gasteiger partial charge in [0.05, 0.1) is 11.1 Å². The molecule has 1 aromatic heterocycles. The van der Waals surface area contributed by atoms with E-state index in [-0.39, 0.29) is 11.7 Å². The Morgan fingerprint density at radius 2 is 1.94 bits per heavy atom. The molecule has 17 heavy (non-hydrogen) atoms. The largest absolute Gasteiger partial charge is 0.298 e. The molecule has 2 aromatic rings. The fourth-order valence-electron chi connectivity index (χ4n) is 1.25. The highest BCUT2D eigenvalue weighted by Gasteiger charge is 2.10. The van der Waals surface area contributed by atoms with Crippen molar-refractivity contribution in [2.75, 3.05) is 5.32 Å². The van der Waals surface area contributed by atoms with Gasteiger partial charge in [0.1, 0.15) is 0 Å². The van der Waals surface area contributed by atoms with E-state index in [1.807, 2.05) is 6.07 Å². The van der Waals surface area contributed by atoms with E-state index in [4.69, 9.17) is 0 Å². The van der Waals surface area contributed by atoms with Crippen LogP contribution >= 0.6 is 11.3 Å². The minimum Gasteiger partial charge on any atom is -0.298 e. The van der Waals surface area contributed by atoms with E-state index in [0.29, 0.717) is 15.6 Å². The Morgan fingerprint density at radius 1 is 1.24 bits per heavy atom. The second-order valence-corrected chi connectivity index (χ2v) is 4.44. The third-order valence-corrected chi connectivity index (χ3v) is 3.12. The molecule has 0 aliphatic carbocycles. The Balaban J connectivity index is 2.11. The first-order valence-corrected chi connectivity index (χ1v) is 5.81. The maximum atomic E-state index is 11.8. The average molecular weight is 246 g/mol.